The fourth-order valence-electron chi connectivity index (χ4n) is 4.46. The second-order valence-corrected chi connectivity index (χ2v) is 10.0. The number of carbonyl (C=O) groups is 1. The number of carbonyl (C=O) groups excluding carboxylic acids is 1. The highest BCUT2D eigenvalue weighted by molar-refractivity contribution is 7.89. The molecule has 0 N–H and O–H groups in total. The molecule has 0 aromatic heterocycles. The van der Waals surface area contributed by atoms with Crippen LogP contribution in [0.25, 0.3) is 0 Å². The van der Waals surface area contributed by atoms with Crippen LogP contribution in [0.4, 0.5) is 4.39 Å². The molecule has 1 saturated carbocycles. The summed E-state index contributed by atoms with van der Waals surface area (Å²) < 4.78 is 41.5. The van der Waals surface area contributed by atoms with E-state index in [1.807, 2.05) is 18.2 Å². The van der Waals surface area contributed by atoms with Crippen molar-refractivity contribution in [3.05, 3.63) is 65.5 Å². The number of rotatable bonds is 5. The van der Waals surface area contributed by atoms with Gasteiger partial charge in [-0.05, 0) is 54.7 Å². The first-order chi connectivity index (χ1) is 14.4. The maximum atomic E-state index is 13.4. The minimum absolute atomic E-state index is 0.0336. The van der Waals surface area contributed by atoms with E-state index < -0.39 is 15.8 Å². The number of hydrogen-bond donors (Lipinski definition) is 0. The van der Waals surface area contributed by atoms with Gasteiger partial charge in [-0.1, -0.05) is 43.5 Å². The molecule has 0 atom stereocenters. The van der Waals surface area contributed by atoms with E-state index in [0.717, 1.165) is 56.2 Å². The summed E-state index contributed by atoms with van der Waals surface area (Å²) in [6.45, 7) is 0.918. The molecule has 0 radical (unpaired) electrons. The molecule has 0 saturated heterocycles. The van der Waals surface area contributed by atoms with Crippen molar-refractivity contribution >= 4 is 15.9 Å². The minimum Gasteiger partial charge on any atom is -0.337 e. The molecule has 160 valence electrons. The molecule has 0 unspecified atom stereocenters. The smallest absolute Gasteiger partial charge is 0.243 e. The number of nitrogens with zero attached hydrogens (tertiary/aromatic N) is 2. The van der Waals surface area contributed by atoms with Crippen molar-refractivity contribution in [2.75, 3.05) is 13.1 Å². The molecular formula is C23H27FN2O3S. The molecule has 4 rings (SSSR count). The highest BCUT2D eigenvalue weighted by atomic mass is 32.2. The largest absolute Gasteiger partial charge is 0.337 e. The molecule has 1 aliphatic carbocycles. The zero-order valence-electron chi connectivity index (χ0n) is 17.0. The summed E-state index contributed by atoms with van der Waals surface area (Å²) in [5, 5.41) is 0. The first-order valence-electron chi connectivity index (χ1n) is 10.6. The van der Waals surface area contributed by atoms with Crippen molar-refractivity contribution in [2.24, 2.45) is 0 Å². The average Bonchev–Trinajstić information content (AvgIpc) is 2.77. The van der Waals surface area contributed by atoms with Crippen molar-refractivity contribution in [2.45, 2.75) is 56.0 Å². The number of halogens is 1. The van der Waals surface area contributed by atoms with Crippen molar-refractivity contribution in [1.29, 1.82) is 0 Å². The molecule has 2 aliphatic rings. The number of fused-ring (bicyclic) bond motifs is 1. The minimum atomic E-state index is -3.89. The van der Waals surface area contributed by atoms with Gasteiger partial charge in [-0.2, -0.15) is 4.31 Å². The van der Waals surface area contributed by atoms with Crippen LogP contribution in [-0.2, 0) is 27.8 Å². The summed E-state index contributed by atoms with van der Waals surface area (Å²) in [5.41, 5.74) is 2.35. The van der Waals surface area contributed by atoms with E-state index in [1.165, 1.54) is 22.0 Å². The zero-order chi connectivity index (χ0) is 21.1. The molecule has 2 aromatic carbocycles. The molecule has 0 bridgehead atoms. The number of sulfonamides is 1. The van der Waals surface area contributed by atoms with Gasteiger partial charge in [-0.3, -0.25) is 4.79 Å². The Labute approximate surface area is 177 Å². The Balaban J connectivity index is 1.57. The topological polar surface area (TPSA) is 57.7 Å². The first kappa shape index (κ1) is 21.0. The lowest BCUT2D eigenvalue weighted by Crippen LogP contribution is -2.48. The van der Waals surface area contributed by atoms with E-state index in [0.29, 0.717) is 13.1 Å². The molecule has 1 fully saturated rings. The third-order valence-electron chi connectivity index (χ3n) is 6.18. The Bertz CT molecular complexity index is 1000. The fraction of sp³-hybridized carbons (Fsp3) is 0.435. The van der Waals surface area contributed by atoms with Gasteiger partial charge in [0.1, 0.15) is 5.82 Å². The van der Waals surface area contributed by atoms with Gasteiger partial charge in [0.2, 0.25) is 15.9 Å². The van der Waals surface area contributed by atoms with Gasteiger partial charge in [0.15, 0.2) is 0 Å². The Morgan fingerprint density at radius 2 is 1.67 bits per heavy atom. The van der Waals surface area contributed by atoms with Crippen LogP contribution in [0.15, 0.2) is 53.4 Å². The fourth-order valence-corrected chi connectivity index (χ4v) is 6.10. The molecule has 1 aliphatic heterocycles. The molecule has 0 spiro atoms. The third-order valence-corrected chi connectivity index (χ3v) is 8.09. The lowest BCUT2D eigenvalue weighted by Gasteiger charge is -2.35. The van der Waals surface area contributed by atoms with Gasteiger partial charge in [0.05, 0.1) is 11.4 Å². The molecule has 7 heteroatoms. The Hall–Kier alpha value is -2.25. The van der Waals surface area contributed by atoms with E-state index in [4.69, 9.17) is 0 Å². The zero-order valence-corrected chi connectivity index (χ0v) is 17.8. The highest BCUT2D eigenvalue weighted by Crippen LogP contribution is 2.28. The van der Waals surface area contributed by atoms with E-state index >= 15 is 0 Å². The van der Waals surface area contributed by atoms with Gasteiger partial charge in [0.25, 0.3) is 0 Å². The maximum Gasteiger partial charge on any atom is 0.243 e. The first-order valence-corrected chi connectivity index (χ1v) is 12.0. The van der Waals surface area contributed by atoms with Crippen LogP contribution in [0.1, 0.15) is 43.2 Å². The normalized spacial score (nSPS) is 17.7. The monoisotopic (exact) mass is 430 g/mol. The standard InChI is InChI=1S/C23H27FN2O3S/c24-20-10-12-22(13-11-20)30(28,29)26(21-8-2-1-3-9-21)17-23(27)25-15-14-18-6-4-5-7-19(18)16-25/h4-7,10-13,21H,1-3,8-9,14-17H2. The van der Waals surface area contributed by atoms with Crippen molar-refractivity contribution in [1.82, 2.24) is 9.21 Å². The van der Waals surface area contributed by atoms with Crippen LogP contribution in [0.5, 0.6) is 0 Å². The average molecular weight is 431 g/mol. The molecule has 1 amide bonds. The summed E-state index contributed by atoms with van der Waals surface area (Å²) in [6, 6.07) is 12.7. The van der Waals surface area contributed by atoms with Crippen LogP contribution >= 0.6 is 0 Å². The third kappa shape index (κ3) is 4.42. The molecule has 5 nitrogen and oxygen atoms in total. The maximum absolute atomic E-state index is 13.4. The van der Waals surface area contributed by atoms with Gasteiger partial charge < -0.3 is 4.90 Å². The van der Waals surface area contributed by atoms with Crippen LogP contribution < -0.4 is 0 Å². The summed E-state index contributed by atoms with van der Waals surface area (Å²) in [6.07, 6.45) is 5.25. The quantitative estimate of drug-likeness (QED) is 0.726. The molecule has 2 aromatic rings. The van der Waals surface area contributed by atoms with Crippen molar-refractivity contribution < 1.29 is 17.6 Å². The number of benzene rings is 2. The molecule has 1 heterocycles. The summed E-state index contributed by atoms with van der Waals surface area (Å²) in [5.74, 6) is -0.665. The number of hydrogen-bond acceptors (Lipinski definition) is 3. The van der Waals surface area contributed by atoms with E-state index in [1.54, 1.807) is 4.90 Å². The predicted octanol–water partition coefficient (Wildman–Crippen LogP) is 3.73. The lowest BCUT2D eigenvalue weighted by molar-refractivity contribution is -0.132. The summed E-state index contributed by atoms with van der Waals surface area (Å²) >= 11 is 0. The van der Waals surface area contributed by atoms with Crippen LogP contribution in [-0.4, -0.2) is 42.7 Å². The van der Waals surface area contributed by atoms with Gasteiger partial charge in [-0.25, -0.2) is 12.8 Å². The van der Waals surface area contributed by atoms with Gasteiger partial charge in [-0.15, -0.1) is 0 Å². The van der Waals surface area contributed by atoms with Crippen molar-refractivity contribution in [3.8, 4) is 0 Å². The summed E-state index contributed by atoms with van der Waals surface area (Å²) in [7, 11) is -3.89. The molecule has 30 heavy (non-hydrogen) atoms. The van der Waals surface area contributed by atoms with E-state index in [2.05, 4.69) is 6.07 Å². The van der Waals surface area contributed by atoms with Gasteiger partial charge >= 0.3 is 0 Å². The Morgan fingerprint density at radius 1 is 1.00 bits per heavy atom. The van der Waals surface area contributed by atoms with Crippen molar-refractivity contribution in [3.63, 3.8) is 0 Å². The van der Waals surface area contributed by atoms with Crippen LogP contribution in [0.2, 0.25) is 0 Å². The Morgan fingerprint density at radius 3 is 2.37 bits per heavy atom. The second-order valence-electron chi connectivity index (χ2n) is 8.13. The predicted molar refractivity (Wildman–Crippen MR) is 113 cm³/mol. The highest BCUT2D eigenvalue weighted by Gasteiger charge is 2.35. The number of amides is 1. The lowest BCUT2D eigenvalue weighted by atomic mass is 9.95. The van der Waals surface area contributed by atoms with E-state index in [9.17, 15) is 17.6 Å². The molecular weight excluding hydrogens is 403 g/mol. The van der Waals surface area contributed by atoms with Crippen LogP contribution in [0.3, 0.4) is 0 Å². The van der Waals surface area contributed by atoms with Crippen LogP contribution in [0, 0.1) is 5.82 Å². The Kier molecular flexibility index (Phi) is 6.20. The van der Waals surface area contributed by atoms with Gasteiger partial charge in [0, 0.05) is 19.1 Å². The SMILES string of the molecule is O=C(CN(C1CCCCC1)S(=O)(=O)c1ccc(F)cc1)N1CCc2ccccc2C1. The summed E-state index contributed by atoms with van der Waals surface area (Å²) in [4.78, 5) is 14.9. The second kappa shape index (κ2) is 8.86. The van der Waals surface area contributed by atoms with E-state index in [-0.39, 0.29) is 23.4 Å².